The molecular formula is C13H15NO3. The van der Waals surface area contributed by atoms with Crippen LogP contribution in [-0.2, 0) is 14.9 Å². The summed E-state index contributed by atoms with van der Waals surface area (Å²) in [5.41, 5.74) is 1.70. The standard InChI is InChI=1S/C13H15NO3/c1-13(2)7-10(15)14-11-8(12(16)17-3)5-4-6-9(11)13/h4-6H,7H2,1-3H3,(H,14,15). The van der Waals surface area contributed by atoms with Crippen molar-refractivity contribution in [2.24, 2.45) is 0 Å². The van der Waals surface area contributed by atoms with Gasteiger partial charge in [0, 0.05) is 11.8 Å². The summed E-state index contributed by atoms with van der Waals surface area (Å²) in [6, 6.07) is 5.40. The summed E-state index contributed by atoms with van der Waals surface area (Å²) in [4.78, 5) is 23.3. The van der Waals surface area contributed by atoms with Crippen LogP contribution in [0.4, 0.5) is 5.69 Å². The quantitative estimate of drug-likeness (QED) is 0.756. The molecule has 0 aliphatic carbocycles. The molecule has 0 atom stereocenters. The first-order chi connectivity index (χ1) is 7.95. The minimum absolute atomic E-state index is 0.0705. The third kappa shape index (κ3) is 1.90. The van der Waals surface area contributed by atoms with Crippen LogP contribution < -0.4 is 5.32 Å². The smallest absolute Gasteiger partial charge is 0.339 e. The van der Waals surface area contributed by atoms with Crippen LogP contribution in [-0.4, -0.2) is 19.0 Å². The lowest BCUT2D eigenvalue weighted by molar-refractivity contribution is -0.117. The molecule has 1 aromatic carbocycles. The highest BCUT2D eigenvalue weighted by atomic mass is 16.5. The Morgan fingerprint density at radius 3 is 2.76 bits per heavy atom. The summed E-state index contributed by atoms with van der Waals surface area (Å²) in [5, 5.41) is 2.76. The normalized spacial score (nSPS) is 17.0. The van der Waals surface area contributed by atoms with Gasteiger partial charge in [0.2, 0.25) is 5.91 Å². The van der Waals surface area contributed by atoms with E-state index in [1.807, 2.05) is 26.0 Å². The molecule has 0 spiro atoms. The number of nitrogens with one attached hydrogen (secondary N) is 1. The van der Waals surface area contributed by atoms with Crippen molar-refractivity contribution in [1.29, 1.82) is 0 Å². The fourth-order valence-corrected chi connectivity index (χ4v) is 2.21. The van der Waals surface area contributed by atoms with Crippen molar-refractivity contribution in [2.75, 3.05) is 12.4 Å². The van der Waals surface area contributed by atoms with Crippen LogP contribution in [0.3, 0.4) is 0 Å². The Balaban J connectivity index is 2.61. The Hall–Kier alpha value is -1.84. The predicted octanol–water partition coefficient (Wildman–Crippen LogP) is 2.09. The van der Waals surface area contributed by atoms with E-state index in [9.17, 15) is 9.59 Å². The van der Waals surface area contributed by atoms with Gasteiger partial charge in [0.05, 0.1) is 18.4 Å². The number of ether oxygens (including phenoxy) is 1. The Morgan fingerprint density at radius 2 is 2.12 bits per heavy atom. The highest BCUT2D eigenvalue weighted by molar-refractivity contribution is 6.04. The van der Waals surface area contributed by atoms with Crippen molar-refractivity contribution < 1.29 is 14.3 Å². The molecule has 4 heteroatoms. The molecule has 0 aromatic heterocycles. The molecule has 4 nitrogen and oxygen atoms in total. The van der Waals surface area contributed by atoms with Crippen molar-refractivity contribution in [2.45, 2.75) is 25.7 Å². The predicted molar refractivity (Wildman–Crippen MR) is 64.1 cm³/mol. The number of hydrogen-bond acceptors (Lipinski definition) is 3. The van der Waals surface area contributed by atoms with E-state index in [1.54, 1.807) is 6.07 Å². The molecule has 1 aliphatic rings. The molecule has 1 aromatic rings. The van der Waals surface area contributed by atoms with Gasteiger partial charge in [-0.3, -0.25) is 4.79 Å². The van der Waals surface area contributed by atoms with Gasteiger partial charge in [0.25, 0.3) is 0 Å². The van der Waals surface area contributed by atoms with Crippen LogP contribution >= 0.6 is 0 Å². The molecule has 0 saturated heterocycles. The fraction of sp³-hybridized carbons (Fsp3) is 0.385. The first-order valence-corrected chi connectivity index (χ1v) is 5.47. The van der Waals surface area contributed by atoms with E-state index >= 15 is 0 Å². The van der Waals surface area contributed by atoms with E-state index < -0.39 is 5.97 Å². The second-order valence-electron chi connectivity index (χ2n) is 4.83. The van der Waals surface area contributed by atoms with Crippen molar-refractivity contribution in [3.05, 3.63) is 29.3 Å². The number of hydrogen-bond donors (Lipinski definition) is 1. The first kappa shape index (κ1) is 11.6. The van der Waals surface area contributed by atoms with E-state index in [2.05, 4.69) is 5.32 Å². The zero-order valence-corrected chi connectivity index (χ0v) is 10.2. The van der Waals surface area contributed by atoms with E-state index in [4.69, 9.17) is 4.74 Å². The lowest BCUT2D eigenvalue weighted by atomic mass is 9.77. The van der Waals surface area contributed by atoms with Gasteiger partial charge in [-0.05, 0) is 11.6 Å². The molecule has 0 radical (unpaired) electrons. The van der Waals surface area contributed by atoms with Gasteiger partial charge in [-0.25, -0.2) is 4.79 Å². The number of carbonyl (C=O) groups is 2. The Kier molecular flexibility index (Phi) is 2.65. The third-order valence-corrected chi connectivity index (χ3v) is 3.07. The number of benzene rings is 1. The SMILES string of the molecule is COC(=O)c1cccc2c1NC(=O)CC2(C)C. The summed E-state index contributed by atoms with van der Waals surface area (Å²) in [5.74, 6) is -0.501. The van der Waals surface area contributed by atoms with E-state index in [1.165, 1.54) is 7.11 Å². The average molecular weight is 233 g/mol. The minimum atomic E-state index is -0.431. The second kappa shape index (κ2) is 3.87. The van der Waals surface area contributed by atoms with Gasteiger partial charge in [-0.1, -0.05) is 26.0 Å². The second-order valence-corrected chi connectivity index (χ2v) is 4.83. The molecule has 2 rings (SSSR count). The Morgan fingerprint density at radius 1 is 1.41 bits per heavy atom. The van der Waals surface area contributed by atoms with Crippen LogP contribution in [0.5, 0.6) is 0 Å². The number of amides is 1. The summed E-state index contributed by atoms with van der Waals surface area (Å²) < 4.78 is 4.72. The lowest BCUT2D eigenvalue weighted by Gasteiger charge is -2.32. The topological polar surface area (TPSA) is 55.4 Å². The number of rotatable bonds is 1. The van der Waals surface area contributed by atoms with Gasteiger partial charge in [-0.15, -0.1) is 0 Å². The van der Waals surface area contributed by atoms with Crippen LogP contribution in [0, 0.1) is 0 Å². The molecule has 0 saturated carbocycles. The summed E-state index contributed by atoms with van der Waals surface area (Å²) in [6.07, 6.45) is 0.421. The van der Waals surface area contributed by atoms with Gasteiger partial charge in [0.15, 0.2) is 0 Å². The molecule has 90 valence electrons. The highest BCUT2D eigenvalue weighted by Gasteiger charge is 2.34. The number of anilines is 1. The number of fused-ring (bicyclic) bond motifs is 1. The van der Waals surface area contributed by atoms with Crippen molar-refractivity contribution in [1.82, 2.24) is 0 Å². The number of esters is 1. The summed E-state index contributed by atoms with van der Waals surface area (Å²) >= 11 is 0. The molecule has 17 heavy (non-hydrogen) atoms. The number of methoxy groups -OCH3 is 1. The summed E-state index contributed by atoms with van der Waals surface area (Å²) in [7, 11) is 1.33. The zero-order chi connectivity index (χ0) is 12.6. The lowest BCUT2D eigenvalue weighted by Crippen LogP contribution is -2.33. The van der Waals surface area contributed by atoms with E-state index in [0.717, 1.165) is 5.56 Å². The van der Waals surface area contributed by atoms with Crippen LogP contribution in [0.1, 0.15) is 36.2 Å². The van der Waals surface area contributed by atoms with Crippen molar-refractivity contribution >= 4 is 17.6 Å². The van der Waals surface area contributed by atoms with Gasteiger partial charge < -0.3 is 10.1 Å². The number of carbonyl (C=O) groups excluding carboxylic acids is 2. The zero-order valence-electron chi connectivity index (χ0n) is 10.2. The first-order valence-electron chi connectivity index (χ1n) is 5.47. The Labute approximate surface area is 100.0 Å². The Bertz CT molecular complexity index is 491. The van der Waals surface area contributed by atoms with Gasteiger partial charge in [0.1, 0.15) is 0 Å². The van der Waals surface area contributed by atoms with E-state index in [-0.39, 0.29) is 11.3 Å². The molecule has 1 N–H and O–H groups in total. The summed E-state index contributed by atoms with van der Waals surface area (Å²) in [6.45, 7) is 3.98. The third-order valence-electron chi connectivity index (χ3n) is 3.07. The fourth-order valence-electron chi connectivity index (χ4n) is 2.21. The average Bonchev–Trinajstić information content (AvgIpc) is 2.26. The van der Waals surface area contributed by atoms with E-state index in [0.29, 0.717) is 17.7 Å². The molecule has 0 bridgehead atoms. The molecule has 1 heterocycles. The molecule has 1 aliphatic heterocycles. The molecule has 0 unspecified atom stereocenters. The van der Waals surface area contributed by atoms with Crippen LogP contribution in [0.2, 0.25) is 0 Å². The van der Waals surface area contributed by atoms with Crippen molar-refractivity contribution in [3.8, 4) is 0 Å². The maximum Gasteiger partial charge on any atom is 0.339 e. The van der Waals surface area contributed by atoms with Crippen molar-refractivity contribution in [3.63, 3.8) is 0 Å². The minimum Gasteiger partial charge on any atom is -0.465 e. The van der Waals surface area contributed by atoms with Gasteiger partial charge >= 0.3 is 5.97 Å². The van der Waals surface area contributed by atoms with Crippen LogP contribution in [0.15, 0.2) is 18.2 Å². The molecule has 0 fully saturated rings. The maximum atomic E-state index is 11.6. The number of para-hydroxylation sites is 1. The molecule has 1 amide bonds. The monoisotopic (exact) mass is 233 g/mol. The van der Waals surface area contributed by atoms with Crippen LogP contribution in [0.25, 0.3) is 0 Å². The maximum absolute atomic E-state index is 11.6. The largest absolute Gasteiger partial charge is 0.465 e. The highest BCUT2D eigenvalue weighted by Crippen LogP contribution is 2.38. The van der Waals surface area contributed by atoms with Gasteiger partial charge in [-0.2, -0.15) is 0 Å². The molecular weight excluding hydrogens is 218 g/mol.